The molecule has 148 valence electrons. The van der Waals surface area contributed by atoms with Gasteiger partial charge in [0.2, 0.25) is 0 Å². The van der Waals surface area contributed by atoms with Crippen molar-refractivity contribution in [1.82, 2.24) is 4.90 Å². The van der Waals surface area contributed by atoms with Crippen molar-refractivity contribution in [2.75, 3.05) is 13.2 Å². The van der Waals surface area contributed by atoms with Gasteiger partial charge >= 0.3 is 6.09 Å². The molecule has 0 bridgehead atoms. The standard InChI is InChI=1S/C21H21BrFNO4/c1-14(15-2-6-17(22)7-3-15)24-11-10-21(28-20(24)27,12-19(26)13-25)16-4-8-18(23)9-5-16/h2-9,14,25H,10-13H2,1H3/t14-,21-/m0/s1. The number of benzene rings is 2. The number of halogens is 2. The van der Waals surface area contributed by atoms with Crippen LogP contribution in [-0.4, -0.2) is 35.0 Å². The molecular formula is C21H21BrFNO4. The second-order valence-electron chi connectivity index (χ2n) is 6.91. The van der Waals surface area contributed by atoms with Crippen LogP contribution >= 0.6 is 15.9 Å². The van der Waals surface area contributed by atoms with Crippen LogP contribution in [0.1, 0.15) is 36.9 Å². The minimum Gasteiger partial charge on any atom is -0.437 e. The minimum absolute atomic E-state index is 0.151. The van der Waals surface area contributed by atoms with Crippen molar-refractivity contribution in [3.63, 3.8) is 0 Å². The maximum Gasteiger partial charge on any atom is 0.411 e. The van der Waals surface area contributed by atoms with Crippen LogP contribution in [0.5, 0.6) is 0 Å². The number of Topliss-reactive ketones (excluding diaryl/α,β-unsaturated/α-hetero) is 1. The van der Waals surface area contributed by atoms with Gasteiger partial charge in [0.25, 0.3) is 0 Å². The van der Waals surface area contributed by atoms with Crippen LogP contribution < -0.4 is 0 Å². The van der Waals surface area contributed by atoms with E-state index < -0.39 is 29.9 Å². The van der Waals surface area contributed by atoms with Crippen molar-refractivity contribution < 1.29 is 23.8 Å². The Bertz CT molecular complexity index is 856. The Morgan fingerprint density at radius 2 is 1.89 bits per heavy atom. The van der Waals surface area contributed by atoms with Gasteiger partial charge in [-0.15, -0.1) is 0 Å². The molecule has 0 spiro atoms. The maximum atomic E-state index is 13.3. The highest BCUT2D eigenvalue weighted by molar-refractivity contribution is 9.10. The van der Waals surface area contributed by atoms with Crippen LogP contribution in [-0.2, 0) is 15.1 Å². The number of rotatable bonds is 6. The number of hydrogen-bond acceptors (Lipinski definition) is 4. The van der Waals surface area contributed by atoms with Crippen molar-refractivity contribution in [2.45, 2.75) is 31.4 Å². The summed E-state index contributed by atoms with van der Waals surface area (Å²) >= 11 is 3.39. The van der Waals surface area contributed by atoms with Crippen LogP contribution in [0.2, 0.25) is 0 Å². The average Bonchev–Trinajstić information content (AvgIpc) is 2.68. The molecule has 1 fully saturated rings. The highest BCUT2D eigenvalue weighted by atomic mass is 79.9. The van der Waals surface area contributed by atoms with E-state index in [1.165, 1.54) is 24.3 Å². The molecule has 3 rings (SSSR count). The number of cyclic esters (lactones) is 1. The van der Waals surface area contributed by atoms with Crippen LogP contribution in [0, 0.1) is 5.82 Å². The van der Waals surface area contributed by atoms with Crippen LogP contribution in [0.15, 0.2) is 53.0 Å². The van der Waals surface area contributed by atoms with Gasteiger partial charge in [-0.05, 0) is 42.3 Å². The fourth-order valence-electron chi connectivity index (χ4n) is 3.50. The van der Waals surface area contributed by atoms with Gasteiger partial charge in [-0.25, -0.2) is 9.18 Å². The Hall–Kier alpha value is -2.25. The second-order valence-corrected chi connectivity index (χ2v) is 7.83. The monoisotopic (exact) mass is 449 g/mol. The van der Waals surface area contributed by atoms with Gasteiger partial charge in [0.05, 0.1) is 12.5 Å². The van der Waals surface area contributed by atoms with E-state index in [0.717, 1.165) is 10.0 Å². The molecule has 1 saturated heterocycles. The predicted octanol–water partition coefficient (Wildman–Crippen LogP) is 4.34. The van der Waals surface area contributed by atoms with E-state index in [9.17, 15) is 19.1 Å². The van der Waals surface area contributed by atoms with E-state index in [4.69, 9.17) is 4.74 Å². The predicted molar refractivity (Wildman–Crippen MR) is 105 cm³/mol. The molecule has 0 aliphatic carbocycles. The highest BCUT2D eigenvalue weighted by Crippen LogP contribution is 2.40. The van der Waals surface area contributed by atoms with Crippen molar-refractivity contribution >= 4 is 27.8 Å². The topological polar surface area (TPSA) is 66.8 Å². The number of hydrogen-bond donors (Lipinski definition) is 1. The first-order chi connectivity index (χ1) is 13.3. The SMILES string of the molecule is C[C@@H](c1ccc(Br)cc1)N1CC[C@](CC(=O)CO)(c2ccc(F)cc2)OC1=O. The van der Waals surface area contributed by atoms with Gasteiger partial charge in [-0.2, -0.15) is 0 Å². The molecule has 28 heavy (non-hydrogen) atoms. The third kappa shape index (κ3) is 4.25. The number of carbonyl (C=O) groups excluding carboxylic acids is 2. The van der Waals surface area contributed by atoms with E-state index in [1.54, 1.807) is 4.90 Å². The number of amides is 1. The fourth-order valence-corrected chi connectivity index (χ4v) is 3.76. The van der Waals surface area contributed by atoms with Crippen molar-refractivity contribution in [1.29, 1.82) is 0 Å². The number of carbonyl (C=O) groups is 2. The molecule has 0 saturated carbocycles. The van der Waals surface area contributed by atoms with E-state index in [1.807, 2.05) is 31.2 Å². The van der Waals surface area contributed by atoms with Gasteiger partial charge in [0.15, 0.2) is 5.78 Å². The number of nitrogens with zero attached hydrogens (tertiary/aromatic N) is 1. The zero-order valence-corrected chi connectivity index (χ0v) is 17.0. The number of aliphatic hydroxyl groups excluding tert-OH is 1. The van der Waals surface area contributed by atoms with Crippen LogP contribution in [0.25, 0.3) is 0 Å². The van der Waals surface area contributed by atoms with E-state index in [0.29, 0.717) is 18.5 Å². The van der Waals surface area contributed by atoms with Crippen molar-refractivity contribution in [2.24, 2.45) is 0 Å². The van der Waals surface area contributed by atoms with Gasteiger partial charge in [-0.3, -0.25) is 4.79 Å². The lowest BCUT2D eigenvalue weighted by Crippen LogP contribution is -2.49. The Kier molecular flexibility index (Phi) is 6.15. The fraction of sp³-hybridized carbons (Fsp3) is 0.333. The Balaban J connectivity index is 1.85. The molecule has 1 amide bonds. The molecular weight excluding hydrogens is 429 g/mol. The lowest BCUT2D eigenvalue weighted by molar-refractivity contribution is -0.131. The third-order valence-corrected chi connectivity index (χ3v) is 5.65. The van der Waals surface area contributed by atoms with Crippen molar-refractivity contribution in [3.05, 3.63) is 69.9 Å². The van der Waals surface area contributed by atoms with Crippen molar-refractivity contribution in [3.8, 4) is 0 Å². The lowest BCUT2D eigenvalue weighted by Gasteiger charge is -2.43. The molecule has 0 unspecified atom stereocenters. The molecule has 2 aromatic carbocycles. The number of aliphatic hydroxyl groups is 1. The smallest absolute Gasteiger partial charge is 0.411 e. The van der Waals surface area contributed by atoms with Gasteiger partial charge in [0, 0.05) is 17.4 Å². The molecule has 5 nitrogen and oxygen atoms in total. The summed E-state index contributed by atoms with van der Waals surface area (Å²) in [5, 5.41) is 9.18. The summed E-state index contributed by atoms with van der Waals surface area (Å²) in [5.41, 5.74) is 0.293. The number of ketones is 1. The molecule has 0 aromatic heterocycles. The number of ether oxygens (including phenoxy) is 1. The van der Waals surface area contributed by atoms with E-state index in [2.05, 4.69) is 15.9 Å². The van der Waals surface area contributed by atoms with Crippen LogP contribution in [0.3, 0.4) is 0 Å². The summed E-state index contributed by atoms with van der Waals surface area (Å²) in [5.74, 6) is -0.855. The molecule has 2 aromatic rings. The molecule has 1 aliphatic rings. The quantitative estimate of drug-likeness (QED) is 0.711. The zero-order chi connectivity index (χ0) is 20.3. The summed E-state index contributed by atoms with van der Waals surface area (Å²) in [6, 6.07) is 13.0. The first-order valence-corrected chi connectivity index (χ1v) is 9.77. The van der Waals surface area contributed by atoms with E-state index in [-0.39, 0.29) is 12.5 Å². The molecule has 1 aliphatic heterocycles. The first kappa shape index (κ1) is 20.5. The Morgan fingerprint density at radius 3 is 2.46 bits per heavy atom. The summed E-state index contributed by atoms with van der Waals surface area (Å²) < 4.78 is 20.1. The summed E-state index contributed by atoms with van der Waals surface area (Å²) in [6.07, 6.45) is -0.338. The maximum absolute atomic E-state index is 13.3. The Morgan fingerprint density at radius 1 is 1.25 bits per heavy atom. The largest absolute Gasteiger partial charge is 0.437 e. The van der Waals surface area contributed by atoms with Gasteiger partial charge in [0.1, 0.15) is 18.0 Å². The molecule has 7 heteroatoms. The molecule has 1 heterocycles. The molecule has 0 radical (unpaired) electrons. The Labute approximate surface area is 171 Å². The zero-order valence-electron chi connectivity index (χ0n) is 15.4. The normalized spacial score (nSPS) is 20.6. The average molecular weight is 450 g/mol. The first-order valence-electron chi connectivity index (χ1n) is 8.98. The summed E-state index contributed by atoms with van der Waals surface area (Å²) in [6.45, 7) is 1.64. The van der Waals surface area contributed by atoms with Crippen LogP contribution in [0.4, 0.5) is 9.18 Å². The summed E-state index contributed by atoms with van der Waals surface area (Å²) in [7, 11) is 0. The van der Waals surface area contributed by atoms with Gasteiger partial charge < -0.3 is 14.7 Å². The van der Waals surface area contributed by atoms with E-state index >= 15 is 0 Å². The third-order valence-electron chi connectivity index (χ3n) is 5.12. The molecule has 2 atom stereocenters. The van der Waals surface area contributed by atoms with Gasteiger partial charge in [-0.1, -0.05) is 40.2 Å². The highest BCUT2D eigenvalue weighted by Gasteiger charge is 2.44. The minimum atomic E-state index is -1.21. The summed E-state index contributed by atoms with van der Waals surface area (Å²) in [4.78, 5) is 26.4. The lowest BCUT2D eigenvalue weighted by atomic mass is 9.84. The second kappa shape index (κ2) is 8.41. The molecule has 1 N–H and O–H groups in total.